The molecule has 4 aromatic rings. The smallest absolute Gasteiger partial charge is 0.207 e. The van der Waals surface area contributed by atoms with Crippen molar-refractivity contribution in [3.8, 4) is 0 Å². The van der Waals surface area contributed by atoms with Gasteiger partial charge in [-0.25, -0.2) is 25.3 Å². The van der Waals surface area contributed by atoms with Gasteiger partial charge in [-0.2, -0.15) is 0 Å². The lowest BCUT2D eigenvalue weighted by atomic mass is 9.94. The summed E-state index contributed by atoms with van der Waals surface area (Å²) in [5.74, 6) is 0. The molecule has 0 unspecified atom stereocenters. The first kappa shape index (κ1) is 19.9. The van der Waals surface area contributed by atoms with Crippen molar-refractivity contribution < 1.29 is 25.3 Å². The number of rotatable bonds is 3. The zero-order valence-corrected chi connectivity index (χ0v) is 18.1. The average molecular weight is 498 g/mol. The van der Waals surface area contributed by atoms with E-state index in [2.05, 4.69) is 0 Å². The molecule has 0 N–H and O–H groups in total. The molecule has 0 saturated carbocycles. The van der Waals surface area contributed by atoms with E-state index in [9.17, 15) is 25.3 Å². The van der Waals surface area contributed by atoms with Crippen LogP contribution in [0.5, 0.6) is 0 Å². The van der Waals surface area contributed by atoms with Gasteiger partial charge in [-0.3, -0.25) is 0 Å². The fourth-order valence-electron chi connectivity index (χ4n) is 3.44. The van der Waals surface area contributed by atoms with Crippen LogP contribution in [0.4, 0.5) is 0 Å². The Morgan fingerprint density at radius 2 is 1.04 bits per heavy atom. The molecule has 0 amide bonds. The van der Waals surface area contributed by atoms with Gasteiger partial charge in [0.2, 0.25) is 0 Å². The fourth-order valence-corrected chi connectivity index (χ4v) is 7.64. The molecule has 0 aliphatic rings. The Morgan fingerprint density at radius 3 is 1.61 bits per heavy atom. The number of halogens is 3. The molecular formula is C16H7Cl3O6S3. The lowest BCUT2D eigenvalue weighted by Gasteiger charge is -2.16. The van der Waals surface area contributed by atoms with E-state index in [4.69, 9.17) is 32.0 Å². The zero-order chi connectivity index (χ0) is 20.6. The van der Waals surface area contributed by atoms with Crippen LogP contribution in [0.15, 0.2) is 57.2 Å². The molecular weight excluding hydrogens is 491 g/mol. The van der Waals surface area contributed by atoms with Crippen molar-refractivity contribution in [2.24, 2.45) is 0 Å². The van der Waals surface area contributed by atoms with E-state index in [1.165, 1.54) is 24.3 Å². The minimum atomic E-state index is -4.52. The van der Waals surface area contributed by atoms with Gasteiger partial charge < -0.3 is 0 Å². The van der Waals surface area contributed by atoms with Gasteiger partial charge in [0.25, 0.3) is 27.2 Å². The molecule has 0 saturated heterocycles. The van der Waals surface area contributed by atoms with Gasteiger partial charge in [-0.15, -0.1) is 0 Å². The molecule has 0 aliphatic heterocycles. The second kappa shape index (κ2) is 6.07. The standard InChI is InChI=1S/C16H7Cl3O6S3/c17-26(20,21)12-6-3-8-1-2-9-7-13(27(18,22)23)16(28(19,24)25)11-5-4-10(12)14(8)15(9)11/h1-7H. The predicted molar refractivity (Wildman–Crippen MR) is 109 cm³/mol. The molecule has 146 valence electrons. The summed E-state index contributed by atoms with van der Waals surface area (Å²) < 4.78 is 72.3. The molecule has 0 bridgehead atoms. The third-order valence-corrected chi connectivity index (χ3v) is 8.67. The van der Waals surface area contributed by atoms with Gasteiger partial charge in [0.15, 0.2) is 0 Å². The van der Waals surface area contributed by atoms with Gasteiger partial charge >= 0.3 is 0 Å². The van der Waals surface area contributed by atoms with Crippen molar-refractivity contribution >= 4 is 91.5 Å². The normalized spacial score (nSPS) is 13.7. The lowest BCUT2D eigenvalue weighted by Crippen LogP contribution is -2.04. The summed E-state index contributed by atoms with van der Waals surface area (Å²) in [5.41, 5.74) is 0. The Kier molecular flexibility index (Phi) is 4.32. The van der Waals surface area contributed by atoms with E-state index >= 15 is 0 Å². The molecule has 0 spiro atoms. The van der Waals surface area contributed by atoms with E-state index in [-0.39, 0.29) is 15.7 Å². The van der Waals surface area contributed by atoms with Crippen LogP contribution in [0.25, 0.3) is 32.3 Å². The average Bonchev–Trinajstić information content (AvgIpc) is 2.55. The van der Waals surface area contributed by atoms with Gasteiger partial charge in [-0.1, -0.05) is 30.3 Å². The molecule has 12 heteroatoms. The van der Waals surface area contributed by atoms with Crippen molar-refractivity contribution in [2.45, 2.75) is 14.7 Å². The molecule has 0 fully saturated rings. The molecule has 4 aromatic carbocycles. The Hall–Kier alpha value is -1.36. The Bertz CT molecular complexity index is 1630. The molecule has 0 aliphatic carbocycles. The highest BCUT2D eigenvalue weighted by molar-refractivity contribution is 8.16. The van der Waals surface area contributed by atoms with Crippen LogP contribution in [0.3, 0.4) is 0 Å². The van der Waals surface area contributed by atoms with Crippen molar-refractivity contribution in [3.05, 3.63) is 42.5 Å². The maximum atomic E-state index is 12.2. The first-order valence-corrected chi connectivity index (χ1v) is 14.3. The molecule has 28 heavy (non-hydrogen) atoms. The van der Waals surface area contributed by atoms with E-state index in [0.717, 1.165) is 6.07 Å². The van der Waals surface area contributed by atoms with Crippen LogP contribution in [0, 0.1) is 0 Å². The first-order chi connectivity index (χ1) is 12.8. The number of benzene rings is 4. The number of hydrogen-bond acceptors (Lipinski definition) is 6. The van der Waals surface area contributed by atoms with Crippen LogP contribution in [0.2, 0.25) is 0 Å². The lowest BCUT2D eigenvalue weighted by molar-refractivity contribution is 0.598. The molecule has 0 atom stereocenters. The zero-order valence-electron chi connectivity index (χ0n) is 13.3. The highest BCUT2D eigenvalue weighted by Gasteiger charge is 2.29. The van der Waals surface area contributed by atoms with E-state index in [0.29, 0.717) is 21.5 Å². The van der Waals surface area contributed by atoms with Crippen LogP contribution < -0.4 is 0 Å². The summed E-state index contributed by atoms with van der Waals surface area (Å²) in [6, 6.07) is 9.84. The first-order valence-electron chi connectivity index (χ1n) is 7.38. The molecule has 4 rings (SSSR count). The maximum absolute atomic E-state index is 12.2. The highest BCUT2D eigenvalue weighted by atomic mass is 35.7. The predicted octanol–water partition coefficient (Wildman–Crippen LogP) is 4.37. The van der Waals surface area contributed by atoms with Crippen LogP contribution in [0.1, 0.15) is 0 Å². The summed E-state index contributed by atoms with van der Waals surface area (Å²) in [4.78, 5) is -1.47. The Morgan fingerprint density at radius 1 is 0.536 bits per heavy atom. The van der Waals surface area contributed by atoms with Crippen LogP contribution >= 0.6 is 32.0 Å². The van der Waals surface area contributed by atoms with Gasteiger partial charge in [-0.05, 0) is 33.7 Å². The monoisotopic (exact) mass is 496 g/mol. The third kappa shape index (κ3) is 3.01. The second-order valence-electron chi connectivity index (χ2n) is 6.00. The molecule has 0 heterocycles. The Balaban J connectivity index is 2.40. The van der Waals surface area contributed by atoms with Gasteiger partial charge in [0, 0.05) is 42.8 Å². The minimum Gasteiger partial charge on any atom is -0.207 e. The summed E-state index contributed by atoms with van der Waals surface area (Å²) in [7, 11) is 3.45. The van der Waals surface area contributed by atoms with E-state index in [1.807, 2.05) is 0 Å². The third-order valence-electron chi connectivity index (χ3n) is 4.43. The van der Waals surface area contributed by atoms with E-state index in [1.54, 1.807) is 12.1 Å². The topological polar surface area (TPSA) is 102 Å². The quantitative estimate of drug-likeness (QED) is 0.308. The van der Waals surface area contributed by atoms with Crippen molar-refractivity contribution in [1.82, 2.24) is 0 Å². The van der Waals surface area contributed by atoms with Crippen molar-refractivity contribution in [2.75, 3.05) is 0 Å². The summed E-state index contributed by atoms with van der Waals surface area (Å²) in [6.45, 7) is 0. The minimum absolute atomic E-state index is 0.00828. The Labute approximate surface area is 173 Å². The van der Waals surface area contributed by atoms with Crippen molar-refractivity contribution in [3.63, 3.8) is 0 Å². The maximum Gasteiger partial charge on any atom is 0.263 e. The molecule has 6 nitrogen and oxygen atoms in total. The van der Waals surface area contributed by atoms with E-state index < -0.39 is 36.9 Å². The molecule has 0 aromatic heterocycles. The summed E-state index contributed by atoms with van der Waals surface area (Å²) >= 11 is 0. The van der Waals surface area contributed by atoms with Crippen molar-refractivity contribution in [1.29, 1.82) is 0 Å². The van der Waals surface area contributed by atoms with Gasteiger partial charge in [0.05, 0.1) is 4.90 Å². The molecule has 0 radical (unpaired) electrons. The summed E-state index contributed by atoms with van der Waals surface area (Å²) in [6.07, 6.45) is 0. The van der Waals surface area contributed by atoms with Crippen LogP contribution in [-0.4, -0.2) is 25.3 Å². The second-order valence-corrected chi connectivity index (χ2v) is 13.6. The summed E-state index contributed by atoms with van der Waals surface area (Å²) in [5, 5.41) is 1.98. The largest absolute Gasteiger partial charge is 0.263 e. The van der Waals surface area contributed by atoms with Crippen LogP contribution in [-0.2, 0) is 27.2 Å². The number of hydrogen-bond donors (Lipinski definition) is 0. The SMILES string of the molecule is O=S(=O)(Cl)c1cc2ccc3ccc(S(=O)(=O)Cl)c4ccc(c1S(=O)(=O)Cl)c2c34. The highest BCUT2D eigenvalue weighted by Crippen LogP contribution is 2.43. The fraction of sp³-hybridized carbons (Fsp3) is 0. The van der Waals surface area contributed by atoms with Gasteiger partial charge in [0.1, 0.15) is 9.79 Å².